The van der Waals surface area contributed by atoms with Crippen molar-refractivity contribution in [3.8, 4) is 6.07 Å². The summed E-state index contributed by atoms with van der Waals surface area (Å²) in [6.07, 6.45) is 1.59. The van der Waals surface area contributed by atoms with Crippen LogP contribution in [-0.2, 0) is 20.3 Å². The number of nitriles is 1. The Morgan fingerprint density at radius 1 is 1.39 bits per heavy atom. The van der Waals surface area contributed by atoms with E-state index in [-0.39, 0.29) is 24.7 Å². The first-order valence-electron chi connectivity index (χ1n) is 7.17. The maximum absolute atomic E-state index is 12.4. The quantitative estimate of drug-likeness (QED) is 0.732. The molecule has 0 amide bonds. The van der Waals surface area contributed by atoms with Crippen LogP contribution < -0.4 is 5.32 Å². The van der Waals surface area contributed by atoms with Crippen LogP contribution in [0.5, 0.6) is 0 Å². The van der Waals surface area contributed by atoms with Crippen molar-refractivity contribution in [2.45, 2.75) is 11.8 Å². The zero-order valence-corrected chi connectivity index (χ0v) is 13.7. The Hall–Kier alpha value is -2.01. The van der Waals surface area contributed by atoms with Crippen LogP contribution in [0.2, 0.25) is 0 Å². The molecule has 0 spiro atoms. The van der Waals surface area contributed by atoms with E-state index < -0.39 is 15.9 Å². The molecule has 0 aliphatic rings. The van der Waals surface area contributed by atoms with Crippen molar-refractivity contribution < 1.29 is 13.2 Å². The standard InChI is InChI=1S/C16H19N3O3S/c1-22-10-15(18-7-6-17)12-23(20,21)11-13-8-14-4-2-3-5-16(14)19-9-13/h2-5,8-9,15,18H,7,10-12H2,1H3. The number of pyridine rings is 1. The third-order valence-electron chi connectivity index (χ3n) is 3.33. The van der Waals surface area contributed by atoms with Gasteiger partial charge in [0.05, 0.1) is 36.2 Å². The number of para-hydroxylation sites is 1. The molecule has 1 aromatic heterocycles. The predicted octanol–water partition coefficient (Wildman–Crippen LogP) is 1.28. The van der Waals surface area contributed by atoms with Crippen molar-refractivity contribution in [3.63, 3.8) is 0 Å². The molecule has 6 nitrogen and oxygen atoms in total. The lowest BCUT2D eigenvalue weighted by atomic mass is 10.2. The minimum atomic E-state index is -3.35. The molecule has 0 saturated carbocycles. The summed E-state index contributed by atoms with van der Waals surface area (Å²) >= 11 is 0. The monoisotopic (exact) mass is 333 g/mol. The van der Waals surface area contributed by atoms with Gasteiger partial charge in [0.25, 0.3) is 0 Å². The maximum Gasteiger partial charge on any atom is 0.156 e. The summed E-state index contributed by atoms with van der Waals surface area (Å²) in [5.74, 6) is -0.172. The lowest BCUT2D eigenvalue weighted by Crippen LogP contribution is -2.39. The summed E-state index contributed by atoms with van der Waals surface area (Å²) < 4.78 is 29.8. The lowest BCUT2D eigenvalue weighted by Gasteiger charge is -2.16. The van der Waals surface area contributed by atoms with E-state index in [0.29, 0.717) is 5.56 Å². The number of aromatic nitrogens is 1. The summed E-state index contributed by atoms with van der Waals surface area (Å²) in [6.45, 7) is 0.317. The van der Waals surface area contributed by atoms with E-state index in [4.69, 9.17) is 10.00 Å². The van der Waals surface area contributed by atoms with Gasteiger partial charge in [-0.2, -0.15) is 5.26 Å². The van der Waals surface area contributed by atoms with Gasteiger partial charge in [-0.1, -0.05) is 18.2 Å². The molecule has 1 unspecified atom stereocenters. The number of benzene rings is 1. The largest absolute Gasteiger partial charge is 0.383 e. The second-order valence-corrected chi connectivity index (χ2v) is 7.39. The highest BCUT2D eigenvalue weighted by Gasteiger charge is 2.20. The fourth-order valence-electron chi connectivity index (χ4n) is 2.37. The highest BCUT2D eigenvalue weighted by atomic mass is 32.2. The first-order valence-corrected chi connectivity index (χ1v) is 8.99. The minimum Gasteiger partial charge on any atom is -0.383 e. The topological polar surface area (TPSA) is 92.1 Å². The lowest BCUT2D eigenvalue weighted by molar-refractivity contribution is 0.175. The highest BCUT2D eigenvalue weighted by molar-refractivity contribution is 7.90. The van der Waals surface area contributed by atoms with E-state index in [2.05, 4.69) is 10.3 Å². The van der Waals surface area contributed by atoms with Gasteiger partial charge in [0, 0.05) is 24.7 Å². The van der Waals surface area contributed by atoms with Crippen LogP contribution in [-0.4, -0.2) is 45.5 Å². The van der Waals surface area contributed by atoms with Gasteiger partial charge in [-0.05, 0) is 17.7 Å². The van der Waals surface area contributed by atoms with E-state index >= 15 is 0 Å². The predicted molar refractivity (Wildman–Crippen MR) is 88.5 cm³/mol. The van der Waals surface area contributed by atoms with Crippen LogP contribution in [0.3, 0.4) is 0 Å². The number of nitrogens with one attached hydrogen (secondary N) is 1. The van der Waals surface area contributed by atoms with Gasteiger partial charge in [0.2, 0.25) is 0 Å². The van der Waals surface area contributed by atoms with Gasteiger partial charge in [0.1, 0.15) is 0 Å². The zero-order chi connectivity index (χ0) is 16.7. The second kappa shape index (κ2) is 8.02. The number of nitrogens with zero attached hydrogens (tertiary/aromatic N) is 2. The molecule has 2 aromatic rings. The van der Waals surface area contributed by atoms with Crippen LogP contribution in [0.15, 0.2) is 36.5 Å². The zero-order valence-electron chi connectivity index (χ0n) is 12.9. The van der Waals surface area contributed by atoms with Crippen molar-refractivity contribution in [1.82, 2.24) is 10.3 Å². The number of hydrogen-bond donors (Lipinski definition) is 1. The summed E-state index contributed by atoms with van der Waals surface area (Å²) in [4.78, 5) is 4.28. The second-order valence-electron chi connectivity index (χ2n) is 5.28. The van der Waals surface area contributed by atoms with Crippen LogP contribution >= 0.6 is 0 Å². The summed E-state index contributed by atoms with van der Waals surface area (Å²) in [5.41, 5.74) is 1.49. The molecule has 0 radical (unpaired) electrons. The van der Waals surface area contributed by atoms with Gasteiger partial charge < -0.3 is 4.74 Å². The molecular formula is C16H19N3O3S. The number of methoxy groups -OCH3 is 1. The number of ether oxygens (including phenoxy) is 1. The molecule has 0 bridgehead atoms. The molecule has 2 rings (SSSR count). The van der Waals surface area contributed by atoms with Crippen molar-refractivity contribution in [3.05, 3.63) is 42.1 Å². The van der Waals surface area contributed by atoms with Gasteiger partial charge in [0.15, 0.2) is 9.84 Å². The SMILES string of the molecule is COCC(CS(=O)(=O)Cc1cnc2ccccc2c1)NCC#N. The number of sulfone groups is 1. The fraction of sp³-hybridized carbons (Fsp3) is 0.375. The average Bonchev–Trinajstić information content (AvgIpc) is 2.52. The summed E-state index contributed by atoms with van der Waals surface area (Å²) in [7, 11) is -1.85. The van der Waals surface area contributed by atoms with Gasteiger partial charge in [-0.25, -0.2) is 8.42 Å². The molecule has 0 aliphatic heterocycles. The van der Waals surface area contributed by atoms with Gasteiger partial charge in [-0.15, -0.1) is 0 Å². The molecular weight excluding hydrogens is 314 g/mol. The Labute approximate surface area is 136 Å². The minimum absolute atomic E-state index is 0.0840. The Morgan fingerprint density at radius 3 is 2.91 bits per heavy atom. The van der Waals surface area contributed by atoms with Crippen LogP contribution in [0.1, 0.15) is 5.56 Å². The third-order valence-corrected chi connectivity index (χ3v) is 5.01. The molecule has 1 heterocycles. The smallest absolute Gasteiger partial charge is 0.156 e. The van der Waals surface area contributed by atoms with Crippen molar-refractivity contribution in [2.24, 2.45) is 0 Å². The average molecular weight is 333 g/mol. The first kappa shape index (κ1) is 17.3. The van der Waals surface area contributed by atoms with E-state index in [1.54, 1.807) is 6.20 Å². The number of rotatable bonds is 8. The Morgan fingerprint density at radius 2 is 2.17 bits per heavy atom. The Kier molecular flexibility index (Phi) is 6.04. The molecule has 1 aromatic carbocycles. The van der Waals surface area contributed by atoms with Gasteiger partial charge >= 0.3 is 0 Å². The molecule has 0 fully saturated rings. The molecule has 23 heavy (non-hydrogen) atoms. The highest BCUT2D eigenvalue weighted by Crippen LogP contribution is 2.15. The van der Waals surface area contributed by atoms with Crippen molar-refractivity contribution in [2.75, 3.05) is 26.0 Å². The molecule has 122 valence electrons. The molecule has 1 N–H and O–H groups in total. The molecule has 0 saturated heterocycles. The molecule has 7 heteroatoms. The van der Waals surface area contributed by atoms with Gasteiger partial charge in [-0.3, -0.25) is 10.3 Å². The Bertz CT molecular complexity index is 800. The summed E-state index contributed by atoms with van der Waals surface area (Å²) in [6, 6.07) is 10.9. The van der Waals surface area contributed by atoms with Crippen LogP contribution in [0.25, 0.3) is 10.9 Å². The third kappa shape index (κ3) is 5.28. The van der Waals surface area contributed by atoms with Crippen LogP contribution in [0.4, 0.5) is 0 Å². The Balaban J connectivity index is 2.10. The van der Waals surface area contributed by atoms with E-state index in [0.717, 1.165) is 10.9 Å². The van der Waals surface area contributed by atoms with Crippen molar-refractivity contribution >= 4 is 20.7 Å². The van der Waals surface area contributed by atoms with Crippen LogP contribution in [0, 0.1) is 11.3 Å². The normalized spacial score (nSPS) is 12.9. The van der Waals surface area contributed by atoms with E-state index in [1.165, 1.54) is 7.11 Å². The summed E-state index contributed by atoms with van der Waals surface area (Å²) in [5, 5.41) is 12.4. The maximum atomic E-state index is 12.4. The number of fused-ring (bicyclic) bond motifs is 1. The fourth-order valence-corrected chi connectivity index (χ4v) is 3.98. The van der Waals surface area contributed by atoms with E-state index in [1.807, 2.05) is 36.4 Å². The van der Waals surface area contributed by atoms with Crippen molar-refractivity contribution in [1.29, 1.82) is 5.26 Å². The van der Waals surface area contributed by atoms with E-state index in [9.17, 15) is 8.42 Å². The number of hydrogen-bond acceptors (Lipinski definition) is 6. The molecule has 0 aliphatic carbocycles. The first-order chi connectivity index (χ1) is 11.0. The molecule has 1 atom stereocenters.